The van der Waals surface area contributed by atoms with Gasteiger partial charge >= 0.3 is 0 Å². The molecule has 0 saturated heterocycles. The molecule has 0 radical (unpaired) electrons. The number of nitrogens with one attached hydrogen (secondary N) is 1. The van der Waals surface area contributed by atoms with Gasteiger partial charge in [-0.3, -0.25) is 9.59 Å². The number of hydrogen-bond donors (Lipinski definition) is 1. The molecule has 1 atom stereocenters. The maximum atomic E-state index is 13.9. The Morgan fingerprint density at radius 3 is 2.16 bits per heavy atom. The molecule has 4 rings (SSSR count). The largest absolute Gasteiger partial charge is 0.352 e. The lowest BCUT2D eigenvalue weighted by Gasteiger charge is -2.34. The van der Waals surface area contributed by atoms with Crippen LogP contribution >= 0.6 is 23.2 Å². The van der Waals surface area contributed by atoms with Gasteiger partial charge in [-0.25, -0.2) is 0 Å². The Kier molecular flexibility index (Phi) is 9.65. The van der Waals surface area contributed by atoms with Gasteiger partial charge in [0.15, 0.2) is 0 Å². The molecule has 1 fully saturated rings. The number of aryl methyl sites for hydroxylation is 1. The number of benzene rings is 3. The second kappa shape index (κ2) is 13.1. The average Bonchev–Trinajstić information content (AvgIpc) is 2.90. The van der Waals surface area contributed by atoms with Crippen molar-refractivity contribution in [1.82, 2.24) is 10.2 Å². The maximum absolute atomic E-state index is 13.9. The molecule has 2 amide bonds. The number of nitrogens with zero attached hydrogens (tertiary/aromatic N) is 1. The normalized spacial score (nSPS) is 14.7. The molecule has 0 spiro atoms. The molecule has 1 saturated carbocycles. The minimum atomic E-state index is -0.699. The van der Waals surface area contributed by atoms with E-state index >= 15 is 0 Å². The van der Waals surface area contributed by atoms with Crippen LogP contribution in [0.2, 0.25) is 10.0 Å². The Morgan fingerprint density at radius 2 is 1.51 bits per heavy atom. The van der Waals surface area contributed by atoms with Crippen molar-refractivity contribution in [2.75, 3.05) is 0 Å². The molecule has 1 aliphatic carbocycles. The molecule has 0 aromatic heterocycles. The summed E-state index contributed by atoms with van der Waals surface area (Å²) in [4.78, 5) is 29.4. The summed E-state index contributed by atoms with van der Waals surface area (Å²) < 4.78 is 0. The minimum Gasteiger partial charge on any atom is -0.352 e. The summed E-state index contributed by atoms with van der Waals surface area (Å²) >= 11 is 13.1. The van der Waals surface area contributed by atoms with E-state index in [9.17, 15) is 9.59 Å². The van der Waals surface area contributed by atoms with Gasteiger partial charge in [-0.05, 0) is 43.0 Å². The van der Waals surface area contributed by atoms with E-state index in [1.807, 2.05) is 61.5 Å². The van der Waals surface area contributed by atoms with Crippen LogP contribution in [0.25, 0.3) is 0 Å². The smallest absolute Gasteiger partial charge is 0.243 e. The van der Waals surface area contributed by atoms with Crippen LogP contribution in [0.3, 0.4) is 0 Å². The molecule has 0 heterocycles. The number of halogens is 2. The highest BCUT2D eigenvalue weighted by Crippen LogP contribution is 2.28. The van der Waals surface area contributed by atoms with Crippen LogP contribution in [0.1, 0.15) is 54.4 Å². The van der Waals surface area contributed by atoms with Crippen molar-refractivity contribution < 1.29 is 9.59 Å². The van der Waals surface area contributed by atoms with E-state index in [2.05, 4.69) is 5.32 Å². The van der Waals surface area contributed by atoms with E-state index in [1.165, 1.54) is 6.42 Å². The fourth-order valence-electron chi connectivity index (χ4n) is 4.93. The van der Waals surface area contributed by atoms with Crippen LogP contribution in [0.15, 0.2) is 72.8 Å². The van der Waals surface area contributed by atoms with Crippen molar-refractivity contribution in [3.8, 4) is 0 Å². The highest BCUT2D eigenvalue weighted by Gasteiger charge is 2.32. The van der Waals surface area contributed by atoms with Crippen molar-refractivity contribution in [2.24, 2.45) is 0 Å². The minimum absolute atomic E-state index is 0.129. The zero-order valence-electron chi connectivity index (χ0n) is 21.3. The molecule has 194 valence electrons. The van der Waals surface area contributed by atoms with E-state index in [0.29, 0.717) is 22.0 Å². The second-order valence-electron chi connectivity index (χ2n) is 9.93. The van der Waals surface area contributed by atoms with E-state index in [0.717, 1.165) is 42.4 Å². The highest BCUT2D eigenvalue weighted by molar-refractivity contribution is 6.36. The Hall–Kier alpha value is -2.82. The van der Waals surface area contributed by atoms with Gasteiger partial charge in [0.25, 0.3) is 0 Å². The molecule has 0 unspecified atom stereocenters. The lowest BCUT2D eigenvalue weighted by molar-refractivity contribution is -0.141. The Balaban J connectivity index is 1.68. The van der Waals surface area contributed by atoms with Crippen molar-refractivity contribution in [3.05, 3.63) is 105 Å². The first kappa shape index (κ1) is 27.2. The molecular formula is C31H34Cl2N2O2. The summed E-state index contributed by atoms with van der Waals surface area (Å²) in [5.74, 6) is -0.268. The quantitative estimate of drug-likeness (QED) is 0.322. The van der Waals surface area contributed by atoms with Crippen LogP contribution in [-0.4, -0.2) is 28.8 Å². The molecule has 3 aromatic rings. The van der Waals surface area contributed by atoms with E-state index in [1.54, 1.807) is 23.1 Å². The third-order valence-corrected chi connectivity index (χ3v) is 7.80. The van der Waals surface area contributed by atoms with Crippen molar-refractivity contribution in [2.45, 2.75) is 70.5 Å². The van der Waals surface area contributed by atoms with Crippen molar-refractivity contribution >= 4 is 35.0 Å². The van der Waals surface area contributed by atoms with Gasteiger partial charge in [0, 0.05) is 34.6 Å². The monoisotopic (exact) mass is 536 g/mol. The van der Waals surface area contributed by atoms with Gasteiger partial charge in [-0.2, -0.15) is 0 Å². The summed E-state index contributed by atoms with van der Waals surface area (Å²) in [7, 11) is 0. The molecule has 0 bridgehead atoms. The van der Waals surface area contributed by atoms with Crippen LogP contribution < -0.4 is 5.32 Å². The predicted molar refractivity (Wildman–Crippen MR) is 151 cm³/mol. The third kappa shape index (κ3) is 7.59. The zero-order valence-corrected chi connectivity index (χ0v) is 22.8. The fraction of sp³-hybridized carbons (Fsp3) is 0.355. The summed E-state index contributed by atoms with van der Waals surface area (Å²) in [5, 5.41) is 4.22. The van der Waals surface area contributed by atoms with Gasteiger partial charge in [-0.15, -0.1) is 0 Å². The molecule has 4 nitrogen and oxygen atoms in total. The van der Waals surface area contributed by atoms with Crippen LogP contribution in [0, 0.1) is 6.92 Å². The summed E-state index contributed by atoms with van der Waals surface area (Å²) in [6, 6.07) is 22.5. The number of rotatable bonds is 9. The first-order valence-corrected chi connectivity index (χ1v) is 13.8. The lowest BCUT2D eigenvalue weighted by atomic mass is 9.94. The van der Waals surface area contributed by atoms with E-state index in [-0.39, 0.29) is 30.8 Å². The number of carbonyl (C=O) groups is 2. The maximum Gasteiger partial charge on any atom is 0.243 e. The highest BCUT2D eigenvalue weighted by atomic mass is 35.5. The van der Waals surface area contributed by atoms with Gasteiger partial charge in [0.1, 0.15) is 6.04 Å². The van der Waals surface area contributed by atoms with Crippen molar-refractivity contribution in [1.29, 1.82) is 0 Å². The Morgan fingerprint density at radius 1 is 0.865 bits per heavy atom. The average molecular weight is 538 g/mol. The summed E-state index contributed by atoms with van der Waals surface area (Å²) in [6.07, 6.45) is 5.95. The van der Waals surface area contributed by atoms with Crippen LogP contribution in [-0.2, 0) is 29.0 Å². The molecule has 6 heteroatoms. The Bertz CT molecular complexity index is 1170. The van der Waals surface area contributed by atoms with Crippen LogP contribution in [0.5, 0.6) is 0 Å². The molecule has 3 aromatic carbocycles. The molecule has 1 aliphatic rings. The SMILES string of the molecule is Cc1ccc(CC(=O)N(Cc2c(Cl)cccc2Cl)[C@@H](Cc2ccccc2)C(=O)NC2CCCCC2)cc1. The predicted octanol–water partition coefficient (Wildman–Crippen LogP) is 6.93. The summed E-state index contributed by atoms with van der Waals surface area (Å²) in [6.45, 7) is 2.17. The van der Waals surface area contributed by atoms with Crippen molar-refractivity contribution in [3.63, 3.8) is 0 Å². The molecular weight excluding hydrogens is 503 g/mol. The molecule has 1 N–H and O–H groups in total. The van der Waals surface area contributed by atoms with E-state index in [4.69, 9.17) is 23.2 Å². The number of carbonyl (C=O) groups excluding carboxylic acids is 2. The summed E-state index contributed by atoms with van der Waals surface area (Å²) in [5.41, 5.74) is 3.66. The first-order valence-electron chi connectivity index (χ1n) is 13.0. The van der Waals surface area contributed by atoms with Crippen LogP contribution in [0.4, 0.5) is 0 Å². The molecule has 0 aliphatic heterocycles. The second-order valence-corrected chi connectivity index (χ2v) is 10.7. The standard InChI is InChI=1S/C31H34Cl2N2O2/c1-22-15-17-24(18-16-22)20-30(36)35(21-26-27(32)13-8-14-28(26)33)29(19-23-9-4-2-5-10-23)31(37)34-25-11-6-3-7-12-25/h2,4-5,8-10,13-18,25,29H,3,6-7,11-12,19-21H2,1H3,(H,34,37)/t29-/m0/s1. The first-order chi connectivity index (χ1) is 17.9. The lowest BCUT2D eigenvalue weighted by Crippen LogP contribution is -2.53. The fourth-order valence-corrected chi connectivity index (χ4v) is 5.45. The van der Waals surface area contributed by atoms with Gasteiger partial charge in [0.05, 0.1) is 6.42 Å². The molecule has 37 heavy (non-hydrogen) atoms. The topological polar surface area (TPSA) is 49.4 Å². The van der Waals surface area contributed by atoms with Gasteiger partial charge < -0.3 is 10.2 Å². The number of amides is 2. The van der Waals surface area contributed by atoms with Gasteiger partial charge in [-0.1, -0.05) is 109 Å². The third-order valence-electron chi connectivity index (χ3n) is 7.09. The zero-order chi connectivity index (χ0) is 26.2. The van der Waals surface area contributed by atoms with Gasteiger partial charge in [0.2, 0.25) is 11.8 Å². The van der Waals surface area contributed by atoms with E-state index < -0.39 is 6.04 Å². The Labute approximate surface area is 230 Å². The number of hydrogen-bond acceptors (Lipinski definition) is 2.